The molecule has 0 unspecified atom stereocenters. The molecule has 22 heavy (non-hydrogen) atoms. The SMILES string of the molecule is CC(C)CCOc1ccccc1CN=C(N)N(C)C1CC1.I. The lowest BCUT2D eigenvalue weighted by atomic mass is 10.1. The zero-order valence-corrected chi connectivity index (χ0v) is 16.1. The molecule has 0 aliphatic heterocycles. The molecule has 0 bridgehead atoms. The molecule has 1 aromatic carbocycles. The number of nitrogens with two attached hydrogens (primary N) is 1. The van der Waals surface area contributed by atoms with Gasteiger partial charge in [-0.1, -0.05) is 32.0 Å². The average molecular weight is 417 g/mol. The Bertz CT molecular complexity index is 487. The maximum Gasteiger partial charge on any atom is 0.191 e. The molecule has 2 rings (SSSR count). The summed E-state index contributed by atoms with van der Waals surface area (Å²) in [5.41, 5.74) is 7.12. The quantitative estimate of drug-likeness (QED) is 0.419. The Balaban J connectivity index is 0.00000242. The lowest BCUT2D eigenvalue weighted by molar-refractivity contribution is 0.287. The number of para-hydroxylation sites is 1. The molecule has 0 heterocycles. The minimum atomic E-state index is 0. The summed E-state index contributed by atoms with van der Waals surface area (Å²) in [7, 11) is 2.02. The van der Waals surface area contributed by atoms with Crippen LogP contribution in [0.15, 0.2) is 29.3 Å². The zero-order valence-electron chi connectivity index (χ0n) is 13.8. The lowest BCUT2D eigenvalue weighted by Gasteiger charge is -2.17. The molecule has 5 heteroatoms. The summed E-state index contributed by atoms with van der Waals surface area (Å²) in [4.78, 5) is 6.57. The van der Waals surface area contributed by atoms with Crippen molar-refractivity contribution in [2.75, 3.05) is 13.7 Å². The number of nitrogens with zero attached hydrogens (tertiary/aromatic N) is 2. The van der Waals surface area contributed by atoms with Gasteiger partial charge < -0.3 is 15.4 Å². The first-order chi connectivity index (χ1) is 10.1. The number of hydrogen-bond donors (Lipinski definition) is 1. The van der Waals surface area contributed by atoms with Crippen LogP contribution in [0.4, 0.5) is 0 Å². The van der Waals surface area contributed by atoms with Crippen molar-refractivity contribution >= 4 is 29.9 Å². The summed E-state index contributed by atoms with van der Waals surface area (Å²) in [6.45, 7) is 5.72. The van der Waals surface area contributed by atoms with Gasteiger partial charge in [-0.2, -0.15) is 0 Å². The topological polar surface area (TPSA) is 50.9 Å². The molecular formula is C17H28IN3O. The fourth-order valence-electron chi connectivity index (χ4n) is 2.11. The van der Waals surface area contributed by atoms with Gasteiger partial charge in [-0.15, -0.1) is 24.0 Å². The number of halogens is 1. The van der Waals surface area contributed by atoms with Crippen molar-refractivity contribution in [3.05, 3.63) is 29.8 Å². The van der Waals surface area contributed by atoms with E-state index in [0.717, 1.165) is 24.3 Å². The highest BCUT2D eigenvalue weighted by molar-refractivity contribution is 14.0. The summed E-state index contributed by atoms with van der Waals surface area (Å²) in [5, 5.41) is 0. The Morgan fingerprint density at radius 1 is 1.36 bits per heavy atom. The van der Waals surface area contributed by atoms with Crippen LogP contribution in [0.1, 0.15) is 38.7 Å². The predicted octanol–water partition coefficient (Wildman–Crippen LogP) is 3.64. The fourth-order valence-corrected chi connectivity index (χ4v) is 2.11. The van der Waals surface area contributed by atoms with Gasteiger partial charge in [0, 0.05) is 18.7 Å². The van der Waals surface area contributed by atoms with E-state index in [2.05, 4.69) is 29.8 Å². The van der Waals surface area contributed by atoms with Crippen molar-refractivity contribution in [1.82, 2.24) is 4.90 Å². The maximum atomic E-state index is 6.03. The normalized spacial score (nSPS) is 14.6. The van der Waals surface area contributed by atoms with Crippen LogP contribution in [0.3, 0.4) is 0 Å². The molecule has 1 fully saturated rings. The molecule has 0 spiro atoms. The molecule has 0 aromatic heterocycles. The van der Waals surface area contributed by atoms with Gasteiger partial charge >= 0.3 is 0 Å². The first-order valence-corrected chi connectivity index (χ1v) is 7.81. The maximum absolute atomic E-state index is 6.03. The van der Waals surface area contributed by atoms with Gasteiger partial charge in [-0.25, -0.2) is 4.99 Å². The predicted molar refractivity (Wildman–Crippen MR) is 103 cm³/mol. The number of ether oxygens (including phenoxy) is 1. The molecule has 1 aromatic rings. The zero-order chi connectivity index (χ0) is 15.2. The van der Waals surface area contributed by atoms with Gasteiger partial charge in [0.05, 0.1) is 13.2 Å². The van der Waals surface area contributed by atoms with Gasteiger partial charge in [-0.05, 0) is 31.2 Å². The van der Waals surface area contributed by atoms with Gasteiger partial charge in [0.25, 0.3) is 0 Å². The average Bonchev–Trinajstić information content (AvgIpc) is 3.29. The number of guanidine groups is 1. The minimum Gasteiger partial charge on any atom is -0.493 e. The van der Waals surface area contributed by atoms with E-state index < -0.39 is 0 Å². The smallest absolute Gasteiger partial charge is 0.191 e. The highest BCUT2D eigenvalue weighted by atomic mass is 127. The minimum absolute atomic E-state index is 0. The molecule has 124 valence electrons. The third kappa shape index (κ3) is 6.02. The van der Waals surface area contributed by atoms with Crippen LogP contribution in [-0.4, -0.2) is 30.6 Å². The Labute approximate surface area is 151 Å². The van der Waals surface area contributed by atoms with Crippen molar-refractivity contribution in [1.29, 1.82) is 0 Å². The van der Waals surface area contributed by atoms with Crippen LogP contribution >= 0.6 is 24.0 Å². The summed E-state index contributed by atoms with van der Waals surface area (Å²) >= 11 is 0. The molecule has 1 saturated carbocycles. The highest BCUT2D eigenvalue weighted by Gasteiger charge is 2.27. The van der Waals surface area contributed by atoms with Crippen molar-refractivity contribution in [3.63, 3.8) is 0 Å². The third-order valence-electron chi connectivity index (χ3n) is 3.79. The second-order valence-corrected chi connectivity index (χ2v) is 6.16. The standard InChI is InChI=1S/C17H27N3O.HI/c1-13(2)10-11-21-16-7-5-4-6-14(16)12-19-17(18)20(3)15-8-9-15;/h4-7,13,15H,8-12H2,1-3H3,(H2,18,19);1H. The second kappa shape index (κ2) is 9.22. The molecule has 4 nitrogen and oxygen atoms in total. The van der Waals surface area contributed by atoms with E-state index >= 15 is 0 Å². The highest BCUT2D eigenvalue weighted by Crippen LogP contribution is 2.25. The van der Waals surface area contributed by atoms with E-state index in [4.69, 9.17) is 10.5 Å². The van der Waals surface area contributed by atoms with Crippen LogP contribution in [-0.2, 0) is 6.54 Å². The second-order valence-electron chi connectivity index (χ2n) is 6.16. The van der Waals surface area contributed by atoms with Crippen molar-refractivity contribution < 1.29 is 4.74 Å². The Morgan fingerprint density at radius 3 is 2.68 bits per heavy atom. The Hall–Kier alpha value is -0.980. The van der Waals surface area contributed by atoms with Crippen LogP contribution in [0.5, 0.6) is 5.75 Å². The molecule has 0 saturated heterocycles. The van der Waals surface area contributed by atoms with Gasteiger partial charge in [0.1, 0.15) is 5.75 Å². The van der Waals surface area contributed by atoms with Crippen LogP contribution in [0.25, 0.3) is 0 Å². The Morgan fingerprint density at radius 2 is 2.05 bits per heavy atom. The molecule has 1 aliphatic carbocycles. The summed E-state index contributed by atoms with van der Waals surface area (Å²) in [6.07, 6.45) is 3.51. The van der Waals surface area contributed by atoms with E-state index in [1.54, 1.807) is 0 Å². The summed E-state index contributed by atoms with van der Waals surface area (Å²) < 4.78 is 5.88. The van der Waals surface area contributed by atoms with E-state index in [1.807, 2.05) is 25.2 Å². The summed E-state index contributed by atoms with van der Waals surface area (Å²) in [6, 6.07) is 8.66. The number of benzene rings is 1. The van der Waals surface area contributed by atoms with Crippen molar-refractivity contribution in [2.45, 2.75) is 45.7 Å². The first-order valence-electron chi connectivity index (χ1n) is 7.81. The number of hydrogen-bond acceptors (Lipinski definition) is 2. The fraction of sp³-hybridized carbons (Fsp3) is 0.588. The van der Waals surface area contributed by atoms with Crippen LogP contribution < -0.4 is 10.5 Å². The molecule has 1 aliphatic rings. The molecule has 2 N–H and O–H groups in total. The van der Waals surface area contributed by atoms with Crippen molar-refractivity contribution in [2.24, 2.45) is 16.6 Å². The molecule has 0 radical (unpaired) electrons. The monoisotopic (exact) mass is 417 g/mol. The van der Waals surface area contributed by atoms with Gasteiger partial charge in [-0.3, -0.25) is 0 Å². The Kier molecular flexibility index (Phi) is 8.00. The van der Waals surface area contributed by atoms with Crippen molar-refractivity contribution in [3.8, 4) is 5.75 Å². The van der Waals surface area contributed by atoms with Gasteiger partial charge in [0.15, 0.2) is 5.96 Å². The number of rotatable bonds is 7. The van der Waals surface area contributed by atoms with Crippen LogP contribution in [0.2, 0.25) is 0 Å². The van der Waals surface area contributed by atoms with E-state index in [9.17, 15) is 0 Å². The van der Waals surface area contributed by atoms with E-state index in [1.165, 1.54) is 12.8 Å². The van der Waals surface area contributed by atoms with E-state index in [0.29, 0.717) is 24.5 Å². The number of aliphatic imine (C=N–C) groups is 1. The van der Waals surface area contributed by atoms with Gasteiger partial charge in [0.2, 0.25) is 0 Å². The van der Waals surface area contributed by atoms with E-state index in [-0.39, 0.29) is 24.0 Å². The molecular weight excluding hydrogens is 389 g/mol. The van der Waals surface area contributed by atoms with Crippen LogP contribution in [0, 0.1) is 5.92 Å². The summed E-state index contributed by atoms with van der Waals surface area (Å²) in [5.74, 6) is 2.19. The largest absolute Gasteiger partial charge is 0.493 e. The molecule has 0 amide bonds. The molecule has 0 atom stereocenters. The first kappa shape index (κ1) is 19.1. The third-order valence-corrected chi connectivity index (χ3v) is 3.79. The lowest BCUT2D eigenvalue weighted by Crippen LogP contribution is -2.35.